The van der Waals surface area contributed by atoms with E-state index in [9.17, 15) is 19.6 Å². The molecule has 14 heteroatoms. The molecule has 1 atom stereocenters. The van der Waals surface area contributed by atoms with Gasteiger partial charge >= 0.3 is 12.1 Å². The molecule has 0 aliphatic carbocycles. The minimum Gasteiger partial charge on any atom is -0.315 e. The standard InChI is InChI=1S/C30H30Cl4N6O4/c1-30(2)27(40(44)28(42)36-23-12-8-20(31)9-13-23)39(24-14-10-21(32)11-15-24)29(43)38(30)16-4-3-5-26(41)37-35-18-19-6-7-22(33)17-25(19)34/h6-15,17-18,27,44H,3-5,16H2,1-2H3,(H,36,42)(H,37,41)/b35-18-. The molecule has 1 unspecified atom stereocenters. The van der Waals surface area contributed by atoms with Crippen LogP contribution in [0.3, 0.4) is 0 Å². The number of hydrogen-bond acceptors (Lipinski definition) is 5. The lowest BCUT2D eigenvalue weighted by molar-refractivity contribution is -0.121. The molecule has 0 aromatic heterocycles. The predicted octanol–water partition coefficient (Wildman–Crippen LogP) is 7.89. The second-order valence-corrected chi connectivity index (χ2v) is 12.2. The van der Waals surface area contributed by atoms with Crippen LogP contribution in [0.15, 0.2) is 71.8 Å². The lowest BCUT2D eigenvalue weighted by Gasteiger charge is -2.38. The van der Waals surface area contributed by atoms with Gasteiger partial charge in [0.25, 0.3) is 0 Å². The highest BCUT2D eigenvalue weighted by atomic mass is 35.5. The molecule has 5 amide bonds. The van der Waals surface area contributed by atoms with E-state index >= 15 is 0 Å². The molecule has 0 bridgehead atoms. The largest absolute Gasteiger partial charge is 0.347 e. The summed E-state index contributed by atoms with van der Waals surface area (Å²) in [6.07, 6.45) is 1.40. The highest BCUT2D eigenvalue weighted by Crippen LogP contribution is 2.38. The number of anilines is 2. The number of nitrogens with one attached hydrogen (secondary N) is 2. The van der Waals surface area contributed by atoms with Crippen LogP contribution in [0.1, 0.15) is 38.7 Å². The molecule has 232 valence electrons. The number of nitrogens with zero attached hydrogens (tertiary/aromatic N) is 4. The molecule has 3 N–H and O–H groups in total. The summed E-state index contributed by atoms with van der Waals surface area (Å²) in [7, 11) is 0. The minimum atomic E-state index is -1.11. The summed E-state index contributed by atoms with van der Waals surface area (Å²) in [5.74, 6) is -0.306. The molecule has 3 aromatic carbocycles. The molecule has 1 saturated heterocycles. The number of halogens is 4. The molecule has 1 aliphatic rings. The van der Waals surface area contributed by atoms with Gasteiger partial charge in [0, 0.05) is 45.0 Å². The lowest BCUT2D eigenvalue weighted by Crippen LogP contribution is -2.58. The lowest BCUT2D eigenvalue weighted by atomic mass is 9.99. The van der Waals surface area contributed by atoms with Crippen molar-refractivity contribution in [3.63, 3.8) is 0 Å². The van der Waals surface area contributed by atoms with Gasteiger partial charge in [-0.05, 0) is 87.4 Å². The first-order chi connectivity index (χ1) is 20.9. The van der Waals surface area contributed by atoms with Gasteiger partial charge in [-0.25, -0.2) is 15.0 Å². The number of hydrogen-bond donors (Lipinski definition) is 3. The number of rotatable bonds is 10. The van der Waals surface area contributed by atoms with Crippen LogP contribution < -0.4 is 15.6 Å². The Morgan fingerprint density at radius 1 is 0.955 bits per heavy atom. The molecule has 0 radical (unpaired) electrons. The Balaban J connectivity index is 1.42. The van der Waals surface area contributed by atoms with Crippen LogP contribution in [0.5, 0.6) is 0 Å². The van der Waals surface area contributed by atoms with Crippen molar-refractivity contribution in [2.45, 2.75) is 44.8 Å². The number of urea groups is 2. The van der Waals surface area contributed by atoms with Crippen molar-refractivity contribution in [2.24, 2.45) is 5.10 Å². The quantitative estimate of drug-likeness (QED) is 0.0874. The SMILES string of the molecule is CC1(C)C(N(O)C(=O)Nc2ccc(Cl)cc2)N(c2ccc(Cl)cc2)C(=O)N1CCCCC(=O)N/N=C\c1ccc(Cl)cc1Cl. The van der Waals surface area contributed by atoms with Crippen LogP contribution in [-0.4, -0.2) is 57.6 Å². The fraction of sp³-hybridized carbons (Fsp3) is 0.267. The topological polar surface area (TPSA) is 118 Å². The zero-order valence-corrected chi connectivity index (χ0v) is 26.8. The number of unbranched alkanes of at least 4 members (excludes halogenated alkanes) is 1. The van der Waals surface area contributed by atoms with Crippen molar-refractivity contribution in [3.8, 4) is 0 Å². The van der Waals surface area contributed by atoms with Gasteiger partial charge in [0.15, 0.2) is 6.17 Å². The smallest absolute Gasteiger partial charge is 0.315 e. The normalized spacial score (nSPS) is 16.0. The molecule has 44 heavy (non-hydrogen) atoms. The first-order valence-corrected chi connectivity index (χ1v) is 15.1. The second kappa shape index (κ2) is 14.5. The zero-order valence-electron chi connectivity index (χ0n) is 23.8. The summed E-state index contributed by atoms with van der Waals surface area (Å²) >= 11 is 24.0. The summed E-state index contributed by atoms with van der Waals surface area (Å²) in [6.45, 7) is 3.77. The second-order valence-electron chi connectivity index (χ2n) is 10.5. The van der Waals surface area contributed by atoms with Crippen molar-refractivity contribution in [1.29, 1.82) is 0 Å². The third-order valence-corrected chi connectivity index (χ3v) is 8.11. The van der Waals surface area contributed by atoms with E-state index in [1.807, 2.05) is 0 Å². The third kappa shape index (κ3) is 7.94. The fourth-order valence-electron chi connectivity index (χ4n) is 4.80. The summed E-state index contributed by atoms with van der Waals surface area (Å²) in [4.78, 5) is 42.2. The fourth-order valence-corrected chi connectivity index (χ4v) is 5.51. The third-order valence-electron chi connectivity index (χ3n) is 7.04. The van der Waals surface area contributed by atoms with E-state index in [0.29, 0.717) is 54.9 Å². The summed E-state index contributed by atoms with van der Waals surface area (Å²) in [5.41, 5.74) is 2.87. The van der Waals surface area contributed by atoms with Crippen LogP contribution in [-0.2, 0) is 4.79 Å². The van der Waals surface area contributed by atoms with Gasteiger partial charge in [-0.15, -0.1) is 0 Å². The first kappa shape index (κ1) is 33.4. The maximum absolute atomic E-state index is 13.8. The minimum absolute atomic E-state index is 0.161. The highest BCUT2D eigenvalue weighted by Gasteiger charge is 2.55. The van der Waals surface area contributed by atoms with Gasteiger partial charge in [-0.3, -0.25) is 14.9 Å². The molecule has 1 aliphatic heterocycles. The average Bonchev–Trinajstić information content (AvgIpc) is 3.17. The predicted molar refractivity (Wildman–Crippen MR) is 174 cm³/mol. The Labute approximate surface area is 275 Å². The molecule has 1 heterocycles. The zero-order chi connectivity index (χ0) is 32.0. The highest BCUT2D eigenvalue weighted by molar-refractivity contribution is 6.36. The molecule has 1 fully saturated rings. The van der Waals surface area contributed by atoms with E-state index in [4.69, 9.17) is 46.4 Å². The number of hydrazone groups is 1. The van der Waals surface area contributed by atoms with Gasteiger partial charge < -0.3 is 10.2 Å². The molecule has 4 rings (SSSR count). The number of benzene rings is 3. The number of carbonyl (C=O) groups is 3. The monoisotopic (exact) mass is 678 g/mol. The molecule has 0 spiro atoms. The van der Waals surface area contributed by atoms with Gasteiger partial charge in [0.05, 0.1) is 16.8 Å². The molecular formula is C30H30Cl4N6O4. The van der Waals surface area contributed by atoms with E-state index < -0.39 is 23.8 Å². The van der Waals surface area contributed by atoms with Crippen molar-refractivity contribution in [1.82, 2.24) is 15.4 Å². The number of hydroxylamine groups is 2. The average molecular weight is 680 g/mol. The Bertz CT molecular complexity index is 1540. The Morgan fingerprint density at radius 2 is 1.57 bits per heavy atom. The molecule has 0 saturated carbocycles. The number of amides is 5. The van der Waals surface area contributed by atoms with E-state index in [1.54, 1.807) is 85.5 Å². The Kier molecular flexibility index (Phi) is 11.0. The molecular weight excluding hydrogens is 650 g/mol. The van der Waals surface area contributed by atoms with Crippen molar-refractivity contribution in [3.05, 3.63) is 92.4 Å². The van der Waals surface area contributed by atoms with Crippen LogP contribution >= 0.6 is 46.4 Å². The Hall–Kier alpha value is -3.54. The van der Waals surface area contributed by atoms with E-state index in [1.165, 1.54) is 11.1 Å². The summed E-state index contributed by atoms with van der Waals surface area (Å²) in [6, 6.07) is 16.6. The number of carbonyl (C=O) groups excluding carboxylic acids is 3. The maximum atomic E-state index is 13.8. The van der Waals surface area contributed by atoms with Gasteiger partial charge in [0.2, 0.25) is 5.91 Å². The van der Waals surface area contributed by atoms with Gasteiger partial charge in [-0.2, -0.15) is 10.2 Å². The van der Waals surface area contributed by atoms with Crippen molar-refractivity contribution in [2.75, 3.05) is 16.8 Å². The van der Waals surface area contributed by atoms with E-state index in [-0.39, 0.29) is 18.9 Å². The Morgan fingerprint density at radius 3 is 2.20 bits per heavy atom. The summed E-state index contributed by atoms with van der Waals surface area (Å²) in [5, 5.41) is 20.1. The first-order valence-electron chi connectivity index (χ1n) is 13.6. The molecule has 3 aromatic rings. The van der Waals surface area contributed by atoms with Crippen LogP contribution in [0.25, 0.3) is 0 Å². The van der Waals surface area contributed by atoms with E-state index in [2.05, 4.69) is 15.8 Å². The van der Waals surface area contributed by atoms with Crippen LogP contribution in [0.2, 0.25) is 20.1 Å². The van der Waals surface area contributed by atoms with Crippen molar-refractivity contribution >= 4 is 82.0 Å². The van der Waals surface area contributed by atoms with E-state index in [0.717, 1.165) is 0 Å². The summed E-state index contributed by atoms with van der Waals surface area (Å²) < 4.78 is 0. The maximum Gasteiger partial charge on any atom is 0.347 e. The van der Waals surface area contributed by atoms with Crippen molar-refractivity contribution < 1.29 is 19.6 Å². The van der Waals surface area contributed by atoms with Gasteiger partial charge in [-0.1, -0.05) is 52.5 Å². The van der Waals surface area contributed by atoms with Gasteiger partial charge in [0.1, 0.15) is 0 Å². The molecule has 10 nitrogen and oxygen atoms in total. The van der Waals surface area contributed by atoms with Crippen LogP contribution in [0, 0.1) is 0 Å². The van der Waals surface area contributed by atoms with Crippen LogP contribution in [0.4, 0.5) is 21.0 Å².